The summed E-state index contributed by atoms with van der Waals surface area (Å²) >= 11 is 0. The molecule has 0 bridgehead atoms. The highest BCUT2D eigenvalue weighted by atomic mass is 16.5. The van der Waals surface area contributed by atoms with E-state index in [-0.39, 0.29) is 11.9 Å². The molecule has 4 heteroatoms. The van der Waals surface area contributed by atoms with Crippen LogP contribution >= 0.6 is 0 Å². The highest BCUT2D eigenvalue weighted by molar-refractivity contribution is 5.97. The Labute approximate surface area is 166 Å². The topological polar surface area (TPSA) is 41.6 Å². The number of benzene rings is 3. The van der Waals surface area contributed by atoms with Crippen LogP contribution < -0.4 is 10.2 Å². The maximum Gasteiger partial charge on any atom is 0.252 e. The van der Waals surface area contributed by atoms with Crippen molar-refractivity contribution < 1.29 is 9.53 Å². The van der Waals surface area contributed by atoms with E-state index in [1.54, 1.807) is 0 Å². The summed E-state index contributed by atoms with van der Waals surface area (Å²) in [6, 6.07) is 20.6. The van der Waals surface area contributed by atoms with E-state index in [9.17, 15) is 4.79 Å². The number of hydrogen-bond donors (Lipinski definition) is 1. The van der Waals surface area contributed by atoms with Crippen molar-refractivity contribution in [3.8, 4) is 0 Å². The third kappa shape index (κ3) is 3.73. The fourth-order valence-corrected chi connectivity index (χ4v) is 3.85. The van der Waals surface area contributed by atoms with Crippen molar-refractivity contribution in [1.82, 2.24) is 5.32 Å². The highest BCUT2D eigenvalue weighted by Gasteiger charge is 2.18. The van der Waals surface area contributed by atoms with Gasteiger partial charge in [-0.05, 0) is 47.9 Å². The number of aryl methyl sites for hydroxylation is 1. The van der Waals surface area contributed by atoms with Crippen LogP contribution in [0.3, 0.4) is 0 Å². The van der Waals surface area contributed by atoms with Crippen LogP contribution in [0.25, 0.3) is 10.8 Å². The minimum atomic E-state index is -0.0787. The lowest BCUT2D eigenvalue weighted by atomic mass is 9.99. The Kier molecular flexibility index (Phi) is 5.31. The van der Waals surface area contributed by atoms with Gasteiger partial charge in [0, 0.05) is 24.3 Å². The van der Waals surface area contributed by atoms with Crippen LogP contribution in [-0.4, -0.2) is 32.2 Å². The van der Waals surface area contributed by atoms with Gasteiger partial charge >= 0.3 is 0 Å². The predicted molar refractivity (Wildman–Crippen MR) is 114 cm³/mol. The lowest BCUT2D eigenvalue weighted by molar-refractivity contribution is 0.0939. The van der Waals surface area contributed by atoms with Crippen LogP contribution in [0.5, 0.6) is 0 Å². The maximum atomic E-state index is 13.1. The summed E-state index contributed by atoms with van der Waals surface area (Å²) in [4.78, 5) is 15.3. The van der Waals surface area contributed by atoms with Gasteiger partial charge in [-0.2, -0.15) is 0 Å². The number of nitrogens with zero attached hydrogens (tertiary/aromatic N) is 1. The Morgan fingerprint density at radius 2 is 1.79 bits per heavy atom. The normalized spacial score (nSPS) is 15.4. The first-order chi connectivity index (χ1) is 13.6. The van der Waals surface area contributed by atoms with Crippen molar-refractivity contribution in [2.24, 2.45) is 0 Å². The van der Waals surface area contributed by atoms with Crippen molar-refractivity contribution in [1.29, 1.82) is 0 Å². The number of amides is 1. The minimum Gasteiger partial charge on any atom is -0.378 e. The van der Waals surface area contributed by atoms with Gasteiger partial charge in [-0.3, -0.25) is 4.79 Å². The third-order valence-electron chi connectivity index (χ3n) is 5.48. The van der Waals surface area contributed by atoms with Crippen LogP contribution in [0.4, 0.5) is 5.69 Å². The number of ether oxygens (including phenoxy) is 1. The summed E-state index contributed by atoms with van der Waals surface area (Å²) in [5.74, 6) is -0.0342. The second-order valence-electron chi connectivity index (χ2n) is 7.36. The molecular formula is C24H26N2O2. The molecule has 0 aromatic heterocycles. The van der Waals surface area contributed by atoms with Crippen LogP contribution in [-0.2, 0) is 4.74 Å². The zero-order valence-corrected chi connectivity index (χ0v) is 16.4. The summed E-state index contributed by atoms with van der Waals surface area (Å²) in [6.45, 7) is 7.20. The van der Waals surface area contributed by atoms with E-state index in [0.29, 0.717) is 0 Å². The van der Waals surface area contributed by atoms with Gasteiger partial charge in [0.05, 0.1) is 19.3 Å². The molecule has 1 heterocycles. The smallest absolute Gasteiger partial charge is 0.252 e. The van der Waals surface area contributed by atoms with E-state index in [4.69, 9.17) is 4.74 Å². The largest absolute Gasteiger partial charge is 0.378 e. The summed E-state index contributed by atoms with van der Waals surface area (Å²) < 4.78 is 5.44. The molecule has 0 radical (unpaired) electrons. The maximum absolute atomic E-state index is 13.1. The van der Waals surface area contributed by atoms with Gasteiger partial charge in [-0.15, -0.1) is 0 Å². The van der Waals surface area contributed by atoms with Gasteiger partial charge in [-0.25, -0.2) is 0 Å². The molecular weight excluding hydrogens is 348 g/mol. The summed E-state index contributed by atoms with van der Waals surface area (Å²) in [5.41, 5.74) is 3.93. The molecule has 28 heavy (non-hydrogen) atoms. The molecule has 1 amide bonds. The van der Waals surface area contributed by atoms with E-state index >= 15 is 0 Å². The van der Waals surface area contributed by atoms with E-state index in [1.807, 2.05) is 44.2 Å². The molecule has 0 saturated carbocycles. The third-order valence-corrected chi connectivity index (χ3v) is 5.48. The van der Waals surface area contributed by atoms with Crippen LogP contribution in [0, 0.1) is 6.92 Å². The zero-order valence-electron chi connectivity index (χ0n) is 16.4. The Morgan fingerprint density at radius 3 is 2.61 bits per heavy atom. The fourth-order valence-electron chi connectivity index (χ4n) is 3.85. The Balaban J connectivity index is 1.57. The van der Waals surface area contributed by atoms with Gasteiger partial charge < -0.3 is 15.0 Å². The lowest BCUT2D eigenvalue weighted by Gasteiger charge is -2.29. The van der Waals surface area contributed by atoms with E-state index in [2.05, 4.69) is 40.5 Å². The first-order valence-electron chi connectivity index (χ1n) is 9.85. The van der Waals surface area contributed by atoms with E-state index in [1.165, 1.54) is 10.8 Å². The van der Waals surface area contributed by atoms with Crippen molar-refractivity contribution >= 4 is 22.4 Å². The van der Waals surface area contributed by atoms with Crippen molar-refractivity contribution in [3.63, 3.8) is 0 Å². The van der Waals surface area contributed by atoms with Gasteiger partial charge in [0.15, 0.2) is 0 Å². The number of carbonyl (C=O) groups is 1. The summed E-state index contributed by atoms with van der Waals surface area (Å²) in [5, 5.41) is 5.56. The second kappa shape index (κ2) is 8.03. The minimum absolute atomic E-state index is 0.0342. The number of hydrogen-bond acceptors (Lipinski definition) is 3. The van der Waals surface area contributed by atoms with Crippen LogP contribution in [0.2, 0.25) is 0 Å². The van der Waals surface area contributed by atoms with Crippen molar-refractivity contribution in [3.05, 3.63) is 77.4 Å². The standard InChI is InChI=1S/C24H26N2O2/c1-17-10-11-20(26-12-14-28-15-13-26)16-23(17)24(27)25-18(2)21-9-5-7-19-6-3-4-8-22(19)21/h3-11,16,18H,12-15H2,1-2H3,(H,25,27)/t18-/m1/s1. The van der Waals surface area contributed by atoms with Crippen molar-refractivity contribution in [2.45, 2.75) is 19.9 Å². The van der Waals surface area contributed by atoms with Crippen LogP contribution in [0.1, 0.15) is 34.5 Å². The van der Waals surface area contributed by atoms with Gasteiger partial charge in [0.1, 0.15) is 0 Å². The molecule has 0 unspecified atom stereocenters. The zero-order chi connectivity index (χ0) is 19.5. The first kappa shape index (κ1) is 18.5. The SMILES string of the molecule is Cc1ccc(N2CCOCC2)cc1C(=O)N[C@H](C)c1cccc2ccccc12. The Hall–Kier alpha value is -2.85. The second-order valence-corrected chi connectivity index (χ2v) is 7.36. The molecule has 1 fully saturated rings. The molecule has 1 saturated heterocycles. The van der Waals surface area contributed by atoms with Crippen molar-refractivity contribution in [2.75, 3.05) is 31.2 Å². The summed E-state index contributed by atoms with van der Waals surface area (Å²) in [6.07, 6.45) is 0. The van der Waals surface area contributed by atoms with Gasteiger partial charge in [0.25, 0.3) is 5.91 Å². The number of fused-ring (bicyclic) bond motifs is 1. The number of nitrogens with one attached hydrogen (secondary N) is 1. The summed E-state index contributed by atoms with van der Waals surface area (Å²) in [7, 11) is 0. The van der Waals surface area contributed by atoms with Crippen LogP contribution in [0.15, 0.2) is 60.7 Å². The molecule has 1 N–H and O–H groups in total. The van der Waals surface area contributed by atoms with Gasteiger partial charge in [0.2, 0.25) is 0 Å². The molecule has 144 valence electrons. The van der Waals surface area contributed by atoms with E-state index in [0.717, 1.165) is 48.7 Å². The molecule has 3 aromatic carbocycles. The molecule has 0 aliphatic carbocycles. The average Bonchev–Trinajstić information content (AvgIpc) is 2.74. The number of morpholine rings is 1. The number of anilines is 1. The highest BCUT2D eigenvalue weighted by Crippen LogP contribution is 2.25. The lowest BCUT2D eigenvalue weighted by Crippen LogP contribution is -2.36. The fraction of sp³-hybridized carbons (Fsp3) is 0.292. The molecule has 4 nitrogen and oxygen atoms in total. The molecule has 4 rings (SSSR count). The average molecular weight is 374 g/mol. The molecule has 1 atom stereocenters. The molecule has 1 aliphatic rings. The Bertz CT molecular complexity index is 988. The first-order valence-corrected chi connectivity index (χ1v) is 9.85. The number of rotatable bonds is 4. The molecule has 3 aromatic rings. The molecule has 1 aliphatic heterocycles. The monoisotopic (exact) mass is 374 g/mol. The predicted octanol–water partition coefficient (Wildman–Crippen LogP) is 4.48. The quantitative estimate of drug-likeness (QED) is 0.732. The van der Waals surface area contributed by atoms with E-state index < -0.39 is 0 Å². The Morgan fingerprint density at radius 1 is 1.04 bits per heavy atom. The van der Waals surface area contributed by atoms with Gasteiger partial charge in [-0.1, -0.05) is 48.5 Å². The number of carbonyl (C=O) groups excluding carboxylic acids is 1. The molecule has 0 spiro atoms.